The van der Waals surface area contributed by atoms with Crippen LogP contribution in [0.2, 0.25) is 0 Å². The standard InChI is InChI=1S/C5H10NO2/c1-4(6)2-3-5(7)8/h4,6H,2-3H2,1H3,(H,7,8). The van der Waals surface area contributed by atoms with Crippen LogP contribution < -0.4 is 5.73 Å². The van der Waals surface area contributed by atoms with Gasteiger partial charge in [0.25, 0.3) is 0 Å². The molecular weight excluding hydrogens is 106 g/mol. The number of hydrogen-bond donors (Lipinski definition) is 1. The Hall–Kier alpha value is -0.570. The molecule has 1 atom stereocenters. The maximum atomic E-state index is 9.82. The van der Waals surface area contributed by atoms with E-state index in [2.05, 4.69) is 0 Å². The topological polar surface area (TPSA) is 61.1 Å². The van der Waals surface area contributed by atoms with E-state index in [-0.39, 0.29) is 12.5 Å². The summed E-state index contributed by atoms with van der Waals surface area (Å²) in [5.74, 6) is -0.816. The van der Waals surface area contributed by atoms with Gasteiger partial charge in [-0.1, -0.05) is 0 Å². The zero-order valence-corrected chi connectivity index (χ0v) is 4.85. The van der Waals surface area contributed by atoms with Gasteiger partial charge in [-0.2, -0.15) is 0 Å². The van der Waals surface area contributed by atoms with E-state index in [9.17, 15) is 4.79 Å². The summed E-state index contributed by atoms with van der Waals surface area (Å²) < 4.78 is 0. The number of carbonyl (C=O) groups is 1. The van der Waals surface area contributed by atoms with E-state index in [0.717, 1.165) is 0 Å². The molecule has 3 heteroatoms. The highest BCUT2D eigenvalue weighted by molar-refractivity contribution is 5.66. The second-order valence-corrected chi connectivity index (χ2v) is 1.83. The predicted molar refractivity (Wildman–Crippen MR) is 29.4 cm³/mol. The van der Waals surface area contributed by atoms with E-state index in [4.69, 9.17) is 10.8 Å². The Bertz CT molecular complexity index is 80.5. The van der Waals surface area contributed by atoms with Gasteiger partial charge in [0.2, 0.25) is 0 Å². The van der Waals surface area contributed by atoms with E-state index < -0.39 is 5.97 Å². The molecular formula is C5H10NO2. The van der Waals surface area contributed by atoms with Crippen LogP contribution in [0.25, 0.3) is 0 Å². The summed E-state index contributed by atoms with van der Waals surface area (Å²) in [4.78, 5) is 9.82. The molecule has 0 fully saturated rings. The van der Waals surface area contributed by atoms with Gasteiger partial charge in [0.1, 0.15) is 0 Å². The fourth-order valence-corrected chi connectivity index (χ4v) is 0.340. The Balaban J connectivity index is 3.05. The van der Waals surface area contributed by atoms with E-state index in [0.29, 0.717) is 6.42 Å². The molecule has 0 aromatic carbocycles. The lowest BCUT2D eigenvalue weighted by atomic mass is 10.2. The number of carboxylic acid groups (broad SMARTS) is 1. The molecule has 0 aromatic rings. The average molecular weight is 116 g/mol. The molecule has 3 nitrogen and oxygen atoms in total. The molecule has 0 saturated carbocycles. The first-order valence-electron chi connectivity index (χ1n) is 2.56. The Morgan fingerprint density at radius 2 is 2.38 bits per heavy atom. The number of carboxylic acids is 1. The van der Waals surface area contributed by atoms with Gasteiger partial charge in [-0.3, -0.25) is 10.5 Å². The number of hydrogen-bond acceptors (Lipinski definition) is 1. The van der Waals surface area contributed by atoms with E-state index in [1.165, 1.54) is 0 Å². The minimum atomic E-state index is -0.816. The fraction of sp³-hybridized carbons (Fsp3) is 0.800. The molecule has 1 unspecified atom stereocenters. The molecule has 0 heterocycles. The highest BCUT2D eigenvalue weighted by Crippen LogP contribution is 1.92. The number of rotatable bonds is 3. The highest BCUT2D eigenvalue weighted by atomic mass is 16.4. The van der Waals surface area contributed by atoms with Gasteiger partial charge in [0.05, 0.1) is 0 Å². The quantitative estimate of drug-likeness (QED) is 0.584. The Labute approximate surface area is 48.5 Å². The largest absolute Gasteiger partial charge is 0.481 e. The fourth-order valence-electron chi connectivity index (χ4n) is 0.340. The molecule has 1 radical (unpaired) electrons. The first-order chi connectivity index (χ1) is 3.63. The maximum absolute atomic E-state index is 9.82. The molecule has 0 rings (SSSR count). The van der Waals surface area contributed by atoms with Gasteiger partial charge in [-0.25, -0.2) is 0 Å². The third kappa shape index (κ3) is 5.43. The van der Waals surface area contributed by atoms with Crippen LogP contribution in [-0.4, -0.2) is 17.1 Å². The van der Waals surface area contributed by atoms with E-state index in [1.54, 1.807) is 6.92 Å². The van der Waals surface area contributed by atoms with Crippen molar-refractivity contribution in [1.29, 1.82) is 0 Å². The summed E-state index contributed by atoms with van der Waals surface area (Å²) in [5.41, 5.74) is 6.91. The summed E-state index contributed by atoms with van der Waals surface area (Å²) in [5, 5.41) is 8.08. The summed E-state index contributed by atoms with van der Waals surface area (Å²) in [7, 11) is 0. The van der Waals surface area contributed by atoms with Crippen LogP contribution in [0.1, 0.15) is 19.8 Å². The van der Waals surface area contributed by atoms with Crippen LogP contribution in [-0.2, 0) is 4.79 Å². The summed E-state index contributed by atoms with van der Waals surface area (Å²) in [6.07, 6.45) is 0.569. The van der Waals surface area contributed by atoms with Crippen LogP contribution in [0.4, 0.5) is 0 Å². The SMILES string of the molecule is CC([NH])CCC(=O)O. The molecule has 0 bridgehead atoms. The second kappa shape index (κ2) is 3.43. The summed E-state index contributed by atoms with van der Waals surface area (Å²) in [6.45, 7) is 1.68. The van der Waals surface area contributed by atoms with Crippen molar-refractivity contribution in [1.82, 2.24) is 5.73 Å². The van der Waals surface area contributed by atoms with Crippen molar-refractivity contribution < 1.29 is 9.90 Å². The van der Waals surface area contributed by atoms with Crippen LogP contribution >= 0.6 is 0 Å². The first kappa shape index (κ1) is 7.43. The van der Waals surface area contributed by atoms with Gasteiger partial charge >= 0.3 is 5.97 Å². The lowest BCUT2D eigenvalue weighted by Crippen LogP contribution is -2.05. The molecule has 47 valence electrons. The Morgan fingerprint density at radius 1 is 1.88 bits per heavy atom. The van der Waals surface area contributed by atoms with Gasteiger partial charge in [-0.15, -0.1) is 0 Å². The first-order valence-corrected chi connectivity index (χ1v) is 2.56. The normalized spacial score (nSPS) is 13.2. The molecule has 0 aliphatic heterocycles. The van der Waals surface area contributed by atoms with Crippen molar-refractivity contribution in [2.24, 2.45) is 0 Å². The van der Waals surface area contributed by atoms with Gasteiger partial charge in [0, 0.05) is 12.5 Å². The van der Waals surface area contributed by atoms with Gasteiger partial charge < -0.3 is 5.11 Å². The molecule has 8 heavy (non-hydrogen) atoms. The smallest absolute Gasteiger partial charge is 0.303 e. The molecule has 0 aliphatic carbocycles. The van der Waals surface area contributed by atoms with Crippen molar-refractivity contribution >= 4 is 5.97 Å². The maximum Gasteiger partial charge on any atom is 0.303 e. The monoisotopic (exact) mass is 116 g/mol. The molecule has 0 amide bonds. The summed E-state index contributed by atoms with van der Waals surface area (Å²) >= 11 is 0. The van der Waals surface area contributed by atoms with E-state index >= 15 is 0 Å². The number of aliphatic carboxylic acids is 1. The minimum absolute atomic E-state index is 0.116. The third-order valence-corrected chi connectivity index (χ3v) is 0.791. The lowest BCUT2D eigenvalue weighted by molar-refractivity contribution is -0.137. The van der Waals surface area contributed by atoms with Crippen molar-refractivity contribution in [3.63, 3.8) is 0 Å². The molecule has 0 spiro atoms. The predicted octanol–water partition coefficient (Wildman–Crippen LogP) is 0.523. The minimum Gasteiger partial charge on any atom is -0.481 e. The molecule has 0 saturated heterocycles. The Kier molecular flexibility index (Phi) is 3.19. The van der Waals surface area contributed by atoms with E-state index in [1.807, 2.05) is 0 Å². The van der Waals surface area contributed by atoms with Crippen LogP contribution in [0, 0.1) is 0 Å². The van der Waals surface area contributed by atoms with Crippen LogP contribution in [0.5, 0.6) is 0 Å². The Morgan fingerprint density at radius 3 is 2.50 bits per heavy atom. The number of nitrogens with one attached hydrogen (secondary N) is 1. The zero-order valence-electron chi connectivity index (χ0n) is 4.85. The highest BCUT2D eigenvalue weighted by Gasteiger charge is 1.98. The average Bonchev–Trinajstić information content (AvgIpc) is 1.61. The zero-order chi connectivity index (χ0) is 6.57. The van der Waals surface area contributed by atoms with Gasteiger partial charge in [-0.05, 0) is 13.3 Å². The molecule has 0 aromatic heterocycles. The third-order valence-electron chi connectivity index (χ3n) is 0.791. The lowest BCUT2D eigenvalue weighted by Gasteiger charge is -1.97. The molecule has 0 aliphatic rings. The van der Waals surface area contributed by atoms with Crippen molar-refractivity contribution in [3.8, 4) is 0 Å². The van der Waals surface area contributed by atoms with Crippen molar-refractivity contribution in [2.45, 2.75) is 25.8 Å². The van der Waals surface area contributed by atoms with Crippen LogP contribution in [0.15, 0.2) is 0 Å². The van der Waals surface area contributed by atoms with Crippen molar-refractivity contribution in [2.75, 3.05) is 0 Å². The van der Waals surface area contributed by atoms with Crippen molar-refractivity contribution in [3.05, 3.63) is 0 Å². The molecule has 2 N–H and O–H groups in total. The van der Waals surface area contributed by atoms with Gasteiger partial charge in [0.15, 0.2) is 0 Å². The van der Waals surface area contributed by atoms with Crippen LogP contribution in [0.3, 0.4) is 0 Å². The second-order valence-electron chi connectivity index (χ2n) is 1.83. The summed E-state index contributed by atoms with van der Waals surface area (Å²) in [6, 6.07) is -0.244.